The summed E-state index contributed by atoms with van der Waals surface area (Å²) in [5, 5.41) is 9.56. The number of carbonyl (C=O) groups excluding carboxylic acids is 1. The fourth-order valence-electron chi connectivity index (χ4n) is 1.27. The fourth-order valence-corrected chi connectivity index (χ4v) is 2.97. The predicted octanol–water partition coefficient (Wildman–Crippen LogP) is 3.35. The average molecular weight is 266 g/mol. The van der Waals surface area contributed by atoms with Crippen molar-refractivity contribution in [2.45, 2.75) is 0 Å². The first-order valence-corrected chi connectivity index (χ1v) is 5.44. The quantitative estimate of drug-likeness (QED) is 0.742. The molecule has 0 N–H and O–H groups in total. The van der Waals surface area contributed by atoms with Crippen LogP contribution >= 0.6 is 27.3 Å². The molecule has 0 fully saturated rings. The molecule has 0 atom stereocenters. The van der Waals surface area contributed by atoms with Crippen molar-refractivity contribution in [2.75, 3.05) is 0 Å². The summed E-state index contributed by atoms with van der Waals surface area (Å²) >= 11 is 4.82. The van der Waals surface area contributed by atoms with Crippen molar-refractivity contribution in [1.29, 1.82) is 5.26 Å². The number of hydrogen-bond donors (Lipinski definition) is 0. The SMILES string of the molecule is N#Cc1ccc2sc(Br)c(C=O)c2c1. The van der Waals surface area contributed by atoms with Crippen LogP contribution in [0.4, 0.5) is 0 Å². The van der Waals surface area contributed by atoms with E-state index in [-0.39, 0.29) is 0 Å². The van der Waals surface area contributed by atoms with E-state index in [4.69, 9.17) is 5.26 Å². The molecule has 0 saturated heterocycles. The zero-order valence-electron chi connectivity index (χ0n) is 6.95. The Morgan fingerprint density at radius 1 is 1.50 bits per heavy atom. The molecule has 1 heterocycles. The molecule has 0 amide bonds. The molecule has 0 saturated carbocycles. The lowest BCUT2D eigenvalue weighted by Crippen LogP contribution is -1.78. The zero-order valence-corrected chi connectivity index (χ0v) is 9.35. The summed E-state index contributed by atoms with van der Waals surface area (Å²) in [6.45, 7) is 0. The number of benzene rings is 1. The molecule has 0 aliphatic rings. The molecule has 2 aromatic rings. The summed E-state index contributed by atoms with van der Waals surface area (Å²) in [7, 11) is 0. The highest BCUT2D eigenvalue weighted by atomic mass is 79.9. The van der Waals surface area contributed by atoms with E-state index < -0.39 is 0 Å². The van der Waals surface area contributed by atoms with Crippen LogP contribution in [0.1, 0.15) is 15.9 Å². The van der Waals surface area contributed by atoms with Gasteiger partial charge in [-0.2, -0.15) is 5.26 Å². The van der Waals surface area contributed by atoms with E-state index in [1.807, 2.05) is 6.07 Å². The van der Waals surface area contributed by atoms with Gasteiger partial charge in [0.05, 0.1) is 15.4 Å². The van der Waals surface area contributed by atoms with Crippen molar-refractivity contribution in [1.82, 2.24) is 0 Å². The topological polar surface area (TPSA) is 40.9 Å². The number of hydrogen-bond acceptors (Lipinski definition) is 3. The van der Waals surface area contributed by atoms with Gasteiger partial charge in [-0.15, -0.1) is 11.3 Å². The molecule has 1 aromatic carbocycles. The summed E-state index contributed by atoms with van der Waals surface area (Å²) in [6, 6.07) is 7.40. The van der Waals surface area contributed by atoms with Gasteiger partial charge in [-0.25, -0.2) is 0 Å². The second kappa shape index (κ2) is 3.52. The first-order valence-electron chi connectivity index (χ1n) is 3.83. The van der Waals surface area contributed by atoms with Crippen molar-refractivity contribution < 1.29 is 4.79 Å². The van der Waals surface area contributed by atoms with Crippen molar-refractivity contribution in [3.05, 3.63) is 33.1 Å². The first kappa shape index (κ1) is 9.38. The van der Waals surface area contributed by atoms with Crippen molar-refractivity contribution in [2.24, 2.45) is 0 Å². The lowest BCUT2D eigenvalue weighted by atomic mass is 10.1. The van der Waals surface area contributed by atoms with Crippen LogP contribution in [0.5, 0.6) is 0 Å². The average Bonchev–Trinajstić information content (AvgIpc) is 2.52. The van der Waals surface area contributed by atoms with E-state index in [1.165, 1.54) is 11.3 Å². The van der Waals surface area contributed by atoms with Gasteiger partial charge in [0, 0.05) is 15.6 Å². The number of fused-ring (bicyclic) bond motifs is 1. The van der Waals surface area contributed by atoms with Crippen LogP contribution < -0.4 is 0 Å². The maximum Gasteiger partial charge on any atom is 0.152 e. The van der Waals surface area contributed by atoms with Crippen molar-refractivity contribution >= 4 is 43.6 Å². The van der Waals surface area contributed by atoms with Gasteiger partial charge in [-0.05, 0) is 34.1 Å². The molecule has 0 aliphatic carbocycles. The number of rotatable bonds is 1. The third-order valence-electron chi connectivity index (χ3n) is 1.93. The second-order valence-electron chi connectivity index (χ2n) is 2.73. The second-order valence-corrected chi connectivity index (χ2v) is 5.10. The Kier molecular flexibility index (Phi) is 2.36. The summed E-state index contributed by atoms with van der Waals surface area (Å²) < 4.78 is 1.83. The largest absolute Gasteiger partial charge is 0.298 e. The molecular weight excluding hydrogens is 262 g/mol. The molecule has 4 heteroatoms. The number of carbonyl (C=O) groups is 1. The predicted molar refractivity (Wildman–Crippen MR) is 59.6 cm³/mol. The minimum atomic E-state index is 0.575. The van der Waals surface area contributed by atoms with E-state index in [1.54, 1.807) is 12.1 Å². The molecule has 1 aromatic heterocycles. The Balaban J connectivity index is 2.85. The maximum absolute atomic E-state index is 10.8. The molecule has 68 valence electrons. The van der Waals surface area contributed by atoms with E-state index in [2.05, 4.69) is 22.0 Å². The Hall–Kier alpha value is -1.18. The van der Waals surface area contributed by atoms with Gasteiger partial charge in [0.25, 0.3) is 0 Å². The van der Waals surface area contributed by atoms with Gasteiger partial charge in [0.2, 0.25) is 0 Å². The normalized spacial score (nSPS) is 10.0. The van der Waals surface area contributed by atoms with Gasteiger partial charge in [0.1, 0.15) is 0 Å². The van der Waals surface area contributed by atoms with Crippen LogP contribution in [0, 0.1) is 11.3 Å². The highest BCUT2D eigenvalue weighted by molar-refractivity contribution is 9.11. The number of aldehydes is 1. The van der Waals surface area contributed by atoms with Crippen LogP contribution in [0.3, 0.4) is 0 Å². The van der Waals surface area contributed by atoms with Gasteiger partial charge < -0.3 is 0 Å². The highest BCUT2D eigenvalue weighted by Crippen LogP contribution is 2.34. The molecule has 14 heavy (non-hydrogen) atoms. The van der Waals surface area contributed by atoms with E-state index in [0.29, 0.717) is 11.1 Å². The van der Waals surface area contributed by atoms with Gasteiger partial charge >= 0.3 is 0 Å². The summed E-state index contributed by atoms with van der Waals surface area (Å²) in [6.07, 6.45) is 0.810. The molecule has 0 radical (unpaired) electrons. The number of nitrogens with zero attached hydrogens (tertiary/aromatic N) is 1. The van der Waals surface area contributed by atoms with Crippen LogP contribution in [0.25, 0.3) is 10.1 Å². The summed E-state index contributed by atoms with van der Waals surface area (Å²) in [5.41, 5.74) is 1.20. The van der Waals surface area contributed by atoms with Gasteiger partial charge in [0.15, 0.2) is 6.29 Å². The van der Waals surface area contributed by atoms with Gasteiger partial charge in [-0.1, -0.05) is 0 Å². The Labute approximate surface area is 92.9 Å². The smallest absolute Gasteiger partial charge is 0.152 e. The number of thiophene rings is 1. The molecule has 0 aliphatic heterocycles. The standard InChI is InChI=1S/C10H4BrNOS/c11-10-8(5-13)7-3-6(4-12)1-2-9(7)14-10/h1-3,5H. The molecule has 0 spiro atoms. The van der Waals surface area contributed by atoms with Crippen molar-refractivity contribution in [3.8, 4) is 6.07 Å². The maximum atomic E-state index is 10.8. The molecular formula is C10H4BrNOS. The van der Waals surface area contributed by atoms with Crippen LogP contribution in [-0.4, -0.2) is 6.29 Å². The Bertz CT molecular complexity index is 553. The first-order chi connectivity index (χ1) is 6.76. The molecule has 2 nitrogen and oxygen atoms in total. The van der Waals surface area contributed by atoms with Crippen LogP contribution in [0.15, 0.2) is 22.0 Å². The summed E-state index contributed by atoms with van der Waals surface area (Å²) in [5.74, 6) is 0. The van der Waals surface area contributed by atoms with E-state index >= 15 is 0 Å². The lowest BCUT2D eigenvalue weighted by molar-refractivity contribution is 0.112. The zero-order chi connectivity index (χ0) is 10.1. The highest BCUT2D eigenvalue weighted by Gasteiger charge is 2.09. The van der Waals surface area contributed by atoms with E-state index in [0.717, 1.165) is 20.2 Å². The van der Waals surface area contributed by atoms with E-state index in [9.17, 15) is 4.79 Å². The minimum absolute atomic E-state index is 0.575. The number of halogens is 1. The number of nitriles is 1. The van der Waals surface area contributed by atoms with Gasteiger partial charge in [-0.3, -0.25) is 4.79 Å². The van der Waals surface area contributed by atoms with Crippen molar-refractivity contribution in [3.63, 3.8) is 0 Å². The lowest BCUT2D eigenvalue weighted by Gasteiger charge is -1.91. The van der Waals surface area contributed by atoms with Crippen LogP contribution in [-0.2, 0) is 0 Å². The molecule has 0 bridgehead atoms. The molecule has 2 rings (SSSR count). The summed E-state index contributed by atoms with van der Waals surface area (Å²) in [4.78, 5) is 10.8. The third kappa shape index (κ3) is 1.35. The Morgan fingerprint density at radius 2 is 2.29 bits per heavy atom. The Morgan fingerprint density at radius 3 is 2.93 bits per heavy atom. The molecule has 0 unspecified atom stereocenters. The monoisotopic (exact) mass is 265 g/mol. The van der Waals surface area contributed by atoms with Crippen LogP contribution in [0.2, 0.25) is 0 Å². The fraction of sp³-hybridized carbons (Fsp3) is 0. The third-order valence-corrected chi connectivity index (χ3v) is 3.82. The minimum Gasteiger partial charge on any atom is -0.298 e.